The number of hydrogen-bond donors (Lipinski definition) is 3. The fourth-order valence-electron chi connectivity index (χ4n) is 1.02. The van der Waals surface area contributed by atoms with E-state index in [1.807, 2.05) is 0 Å². The number of nitrogens with two attached hydrogens (primary N) is 2. The second-order valence-electron chi connectivity index (χ2n) is 3.09. The first-order valence-electron chi connectivity index (χ1n) is 3.96. The Labute approximate surface area is 97.0 Å². The highest BCUT2D eigenvalue weighted by molar-refractivity contribution is 7.90. The Bertz CT molecular complexity index is 626. The number of benzene rings is 1. The van der Waals surface area contributed by atoms with Gasteiger partial charge in [0.15, 0.2) is 0 Å². The molecule has 10 heteroatoms. The van der Waals surface area contributed by atoms with Gasteiger partial charge in [0, 0.05) is 0 Å². The summed E-state index contributed by atoms with van der Waals surface area (Å²) >= 11 is 0. The molecule has 94 valence electrons. The number of rotatable bonds is 3. The van der Waals surface area contributed by atoms with E-state index in [4.69, 9.17) is 15.4 Å². The predicted molar refractivity (Wildman–Crippen MR) is 56.1 cm³/mol. The maximum atomic E-state index is 11.0. The molecule has 0 fully saturated rings. The van der Waals surface area contributed by atoms with Gasteiger partial charge in [0.2, 0.25) is 20.0 Å². The van der Waals surface area contributed by atoms with Gasteiger partial charge >= 0.3 is 5.97 Å². The van der Waals surface area contributed by atoms with Crippen molar-refractivity contribution in [2.24, 2.45) is 10.3 Å². The van der Waals surface area contributed by atoms with Crippen LogP contribution in [0, 0.1) is 0 Å². The molecule has 8 nitrogen and oxygen atoms in total. The highest BCUT2D eigenvalue weighted by atomic mass is 32.2. The van der Waals surface area contributed by atoms with Crippen molar-refractivity contribution in [2.75, 3.05) is 0 Å². The van der Waals surface area contributed by atoms with Gasteiger partial charge in [-0.3, -0.25) is 0 Å². The first-order chi connectivity index (χ1) is 7.51. The van der Waals surface area contributed by atoms with Crippen molar-refractivity contribution in [3.05, 3.63) is 23.8 Å². The third-order valence-corrected chi connectivity index (χ3v) is 3.57. The van der Waals surface area contributed by atoms with Crippen LogP contribution in [0.5, 0.6) is 0 Å². The van der Waals surface area contributed by atoms with E-state index in [9.17, 15) is 21.6 Å². The Morgan fingerprint density at radius 2 is 1.29 bits per heavy atom. The van der Waals surface area contributed by atoms with Crippen molar-refractivity contribution in [1.29, 1.82) is 0 Å². The second-order valence-corrected chi connectivity index (χ2v) is 6.21. The third kappa shape index (κ3) is 3.23. The first kappa shape index (κ1) is 13.6. The molecule has 0 amide bonds. The molecular weight excluding hydrogens is 272 g/mol. The number of aromatic carboxylic acids is 1. The summed E-state index contributed by atoms with van der Waals surface area (Å²) in [4.78, 5) is 9.41. The normalized spacial score (nSPS) is 12.4. The highest BCUT2D eigenvalue weighted by Gasteiger charge is 2.18. The summed E-state index contributed by atoms with van der Waals surface area (Å²) < 4.78 is 44.1. The van der Waals surface area contributed by atoms with E-state index >= 15 is 0 Å². The van der Waals surface area contributed by atoms with Crippen LogP contribution in [0.1, 0.15) is 10.4 Å². The number of primary sulfonamides is 2. The molecule has 1 rings (SSSR count). The SMILES string of the molecule is NS(=O)(=O)c1cc(C(=O)O)cc(S(N)(=O)=O)c1. The van der Waals surface area contributed by atoms with Crippen LogP contribution in [0.4, 0.5) is 0 Å². The third-order valence-electron chi connectivity index (χ3n) is 1.78. The lowest BCUT2D eigenvalue weighted by Crippen LogP contribution is -2.17. The van der Waals surface area contributed by atoms with Crippen LogP contribution >= 0.6 is 0 Å². The van der Waals surface area contributed by atoms with Gasteiger partial charge in [-0.1, -0.05) is 0 Å². The van der Waals surface area contributed by atoms with Crippen molar-refractivity contribution in [3.8, 4) is 0 Å². The van der Waals surface area contributed by atoms with Crippen LogP contribution in [-0.4, -0.2) is 27.9 Å². The molecule has 0 saturated heterocycles. The van der Waals surface area contributed by atoms with Crippen LogP contribution in [0.15, 0.2) is 28.0 Å². The summed E-state index contributed by atoms with van der Waals surface area (Å²) in [5, 5.41) is 18.3. The van der Waals surface area contributed by atoms with Crippen LogP contribution in [0.3, 0.4) is 0 Å². The molecule has 0 radical (unpaired) electrons. The van der Waals surface area contributed by atoms with Crippen molar-refractivity contribution < 1.29 is 26.7 Å². The van der Waals surface area contributed by atoms with Gasteiger partial charge < -0.3 is 5.11 Å². The molecule has 1 aromatic rings. The number of carboxylic acids is 1. The summed E-state index contributed by atoms with van der Waals surface area (Å²) in [7, 11) is -8.45. The number of hydrogen-bond acceptors (Lipinski definition) is 5. The fraction of sp³-hybridized carbons (Fsp3) is 0. The minimum atomic E-state index is -4.22. The monoisotopic (exact) mass is 280 g/mol. The van der Waals surface area contributed by atoms with Gasteiger partial charge in [-0.15, -0.1) is 0 Å². The molecule has 17 heavy (non-hydrogen) atoms. The Morgan fingerprint density at radius 3 is 1.53 bits per heavy atom. The summed E-state index contributed by atoms with van der Waals surface area (Å²) in [5.74, 6) is -1.50. The van der Waals surface area contributed by atoms with Gasteiger partial charge in [-0.2, -0.15) is 0 Å². The maximum absolute atomic E-state index is 11.0. The molecule has 1 aromatic carbocycles. The van der Waals surface area contributed by atoms with E-state index in [0.717, 1.165) is 12.1 Å². The van der Waals surface area contributed by atoms with E-state index in [0.29, 0.717) is 6.07 Å². The average molecular weight is 280 g/mol. The largest absolute Gasteiger partial charge is 0.478 e. The van der Waals surface area contributed by atoms with Crippen molar-refractivity contribution in [3.63, 3.8) is 0 Å². The molecule has 0 aromatic heterocycles. The van der Waals surface area contributed by atoms with Gasteiger partial charge in [0.1, 0.15) is 0 Å². The average Bonchev–Trinajstić information content (AvgIpc) is 2.14. The zero-order valence-corrected chi connectivity index (χ0v) is 9.82. The molecular formula is C7H8N2O6S2. The first-order valence-corrected chi connectivity index (χ1v) is 7.05. The second kappa shape index (κ2) is 4.07. The Morgan fingerprint density at radius 1 is 0.941 bits per heavy atom. The lowest BCUT2D eigenvalue weighted by atomic mass is 10.2. The van der Waals surface area contributed by atoms with E-state index < -0.39 is 41.4 Å². The van der Waals surface area contributed by atoms with E-state index in [2.05, 4.69) is 0 Å². The van der Waals surface area contributed by atoms with Crippen molar-refractivity contribution in [1.82, 2.24) is 0 Å². The molecule has 0 bridgehead atoms. The Hall–Kier alpha value is -1.49. The van der Waals surface area contributed by atoms with E-state index in [1.54, 1.807) is 0 Å². The molecule has 0 aliphatic rings. The molecule has 0 heterocycles. The molecule has 0 aliphatic heterocycles. The summed E-state index contributed by atoms with van der Waals surface area (Å²) in [5.41, 5.74) is -0.541. The van der Waals surface area contributed by atoms with Crippen molar-refractivity contribution >= 4 is 26.0 Å². The minimum Gasteiger partial charge on any atom is -0.478 e. The summed E-state index contributed by atoms with van der Waals surface area (Å²) in [6, 6.07) is 2.18. The molecule has 5 N–H and O–H groups in total. The van der Waals surface area contributed by atoms with Gasteiger partial charge in [-0.25, -0.2) is 31.9 Å². The summed E-state index contributed by atoms with van der Waals surface area (Å²) in [6.07, 6.45) is 0. The predicted octanol–water partition coefficient (Wildman–Crippen LogP) is -1.32. The quantitative estimate of drug-likeness (QED) is 0.622. The number of carbonyl (C=O) groups is 1. The van der Waals surface area contributed by atoms with Gasteiger partial charge in [-0.05, 0) is 18.2 Å². The topological polar surface area (TPSA) is 158 Å². The van der Waals surface area contributed by atoms with Gasteiger partial charge in [0.25, 0.3) is 0 Å². The zero-order chi connectivity index (χ0) is 13.4. The zero-order valence-electron chi connectivity index (χ0n) is 8.19. The van der Waals surface area contributed by atoms with Crippen LogP contribution in [0.25, 0.3) is 0 Å². The molecule has 0 atom stereocenters. The van der Waals surface area contributed by atoms with Crippen LogP contribution < -0.4 is 10.3 Å². The molecule has 0 saturated carbocycles. The standard InChI is InChI=1S/C7H8N2O6S2/c8-16(12,13)5-1-4(7(10)11)2-6(3-5)17(9,14)15/h1-3H,(H,10,11)(H2,8,12,13)(H2,9,14,15). The fourth-order valence-corrected chi connectivity index (χ4v) is 2.26. The maximum Gasteiger partial charge on any atom is 0.335 e. The van der Waals surface area contributed by atoms with Crippen LogP contribution in [-0.2, 0) is 20.0 Å². The smallest absolute Gasteiger partial charge is 0.335 e. The number of carboxylic acid groups (broad SMARTS) is 1. The Balaban J connectivity index is 3.68. The van der Waals surface area contributed by atoms with E-state index in [-0.39, 0.29) is 0 Å². The molecule has 0 spiro atoms. The van der Waals surface area contributed by atoms with Crippen LogP contribution in [0.2, 0.25) is 0 Å². The highest BCUT2D eigenvalue weighted by Crippen LogP contribution is 2.17. The summed E-state index contributed by atoms with van der Waals surface area (Å²) in [6.45, 7) is 0. The number of sulfonamides is 2. The molecule has 0 aliphatic carbocycles. The van der Waals surface area contributed by atoms with Gasteiger partial charge in [0.05, 0.1) is 15.4 Å². The minimum absolute atomic E-state index is 0.541. The van der Waals surface area contributed by atoms with Crippen molar-refractivity contribution in [2.45, 2.75) is 9.79 Å². The molecule has 0 unspecified atom stereocenters. The lowest BCUT2D eigenvalue weighted by molar-refractivity contribution is 0.0696. The Kier molecular flexibility index (Phi) is 3.25. The van der Waals surface area contributed by atoms with E-state index in [1.165, 1.54) is 0 Å². The lowest BCUT2D eigenvalue weighted by Gasteiger charge is -2.04.